The third-order valence-electron chi connectivity index (χ3n) is 2.84. The molecular formula is C15H12ClNO4. The lowest BCUT2D eigenvalue weighted by Gasteiger charge is -2.07. The maximum absolute atomic E-state index is 12.0. The Morgan fingerprint density at radius 2 is 1.90 bits per heavy atom. The fourth-order valence-corrected chi connectivity index (χ4v) is 1.88. The molecule has 2 aromatic rings. The van der Waals surface area contributed by atoms with E-state index < -0.39 is 4.92 Å². The lowest BCUT2D eigenvalue weighted by molar-refractivity contribution is -0.385. The van der Waals surface area contributed by atoms with E-state index in [0.717, 1.165) is 5.56 Å². The molecule has 0 aliphatic rings. The summed E-state index contributed by atoms with van der Waals surface area (Å²) in [6.45, 7) is 1.52. The van der Waals surface area contributed by atoms with Crippen molar-refractivity contribution in [3.63, 3.8) is 0 Å². The highest BCUT2D eigenvalue weighted by Gasteiger charge is 2.16. The summed E-state index contributed by atoms with van der Waals surface area (Å²) in [6.07, 6.45) is 0. The first kappa shape index (κ1) is 15.0. The van der Waals surface area contributed by atoms with Crippen molar-refractivity contribution in [2.75, 3.05) is 6.61 Å². The highest BCUT2D eigenvalue weighted by molar-refractivity contribution is 6.30. The maximum Gasteiger partial charge on any atom is 0.310 e. The van der Waals surface area contributed by atoms with Gasteiger partial charge in [0, 0.05) is 16.7 Å². The maximum atomic E-state index is 12.0. The molecule has 0 aromatic heterocycles. The van der Waals surface area contributed by atoms with Crippen molar-refractivity contribution in [1.29, 1.82) is 0 Å². The van der Waals surface area contributed by atoms with Gasteiger partial charge in [-0.25, -0.2) is 0 Å². The first-order valence-corrected chi connectivity index (χ1v) is 6.52. The summed E-state index contributed by atoms with van der Waals surface area (Å²) in [5.74, 6) is -0.190. The molecule has 0 aliphatic carbocycles. The number of nitro benzene ring substituents is 1. The largest absolute Gasteiger partial charge is 0.478 e. The highest BCUT2D eigenvalue weighted by Crippen LogP contribution is 2.27. The molecule has 0 bridgehead atoms. The predicted molar refractivity (Wildman–Crippen MR) is 79.1 cm³/mol. The van der Waals surface area contributed by atoms with E-state index in [9.17, 15) is 14.9 Å². The number of nitrogens with zero attached hydrogens (tertiary/aromatic N) is 1. The minimum Gasteiger partial charge on any atom is -0.478 e. The summed E-state index contributed by atoms with van der Waals surface area (Å²) in [5.41, 5.74) is 1.09. The van der Waals surface area contributed by atoms with Crippen molar-refractivity contribution in [3.8, 4) is 5.75 Å². The van der Waals surface area contributed by atoms with Gasteiger partial charge < -0.3 is 4.74 Å². The summed E-state index contributed by atoms with van der Waals surface area (Å²) in [6, 6.07) is 10.9. The standard InChI is InChI=1S/C15H12ClNO4/c1-10-2-7-13(17(19)20)15(8-10)21-9-14(18)11-3-5-12(16)6-4-11/h2-8H,9H2,1H3. The molecule has 0 fully saturated rings. The van der Waals surface area contributed by atoms with E-state index in [-0.39, 0.29) is 23.8 Å². The zero-order valence-electron chi connectivity index (χ0n) is 11.2. The molecule has 0 amide bonds. The van der Waals surface area contributed by atoms with Crippen molar-refractivity contribution in [1.82, 2.24) is 0 Å². The van der Waals surface area contributed by atoms with E-state index in [1.807, 2.05) is 0 Å². The van der Waals surface area contributed by atoms with Gasteiger partial charge in [-0.3, -0.25) is 14.9 Å². The number of halogens is 1. The normalized spacial score (nSPS) is 10.2. The minimum absolute atomic E-state index is 0.0855. The molecule has 0 heterocycles. The van der Waals surface area contributed by atoms with Crippen LogP contribution in [0.15, 0.2) is 42.5 Å². The number of ketones is 1. The van der Waals surface area contributed by atoms with Crippen molar-refractivity contribution in [2.24, 2.45) is 0 Å². The molecule has 0 spiro atoms. The van der Waals surface area contributed by atoms with Gasteiger partial charge in [0.05, 0.1) is 4.92 Å². The van der Waals surface area contributed by atoms with Crippen molar-refractivity contribution in [3.05, 3.63) is 68.7 Å². The van der Waals surface area contributed by atoms with Gasteiger partial charge in [0.15, 0.2) is 18.1 Å². The molecular weight excluding hydrogens is 294 g/mol. The van der Waals surface area contributed by atoms with Crippen LogP contribution >= 0.6 is 11.6 Å². The van der Waals surface area contributed by atoms with Gasteiger partial charge in [0.2, 0.25) is 0 Å². The van der Waals surface area contributed by atoms with Crippen molar-refractivity contribution < 1.29 is 14.5 Å². The summed E-state index contributed by atoms with van der Waals surface area (Å²) in [7, 11) is 0. The molecule has 0 radical (unpaired) electrons. The van der Waals surface area contributed by atoms with Crippen LogP contribution in [0.3, 0.4) is 0 Å². The number of carbonyl (C=O) groups is 1. The number of ether oxygens (including phenoxy) is 1. The number of hydrogen-bond donors (Lipinski definition) is 0. The first-order chi connectivity index (χ1) is 9.97. The van der Waals surface area contributed by atoms with Gasteiger partial charge in [-0.05, 0) is 42.8 Å². The van der Waals surface area contributed by atoms with Crippen LogP contribution in [0, 0.1) is 17.0 Å². The van der Waals surface area contributed by atoms with E-state index in [4.69, 9.17) is 16.3 Å². The molecule has 0 atom stereocenters. The zero-order chi connectivity index (χ0) is 15.4. The third-order valence-corrected chi connectivity index (χ3v) is 3.09. The van der Waals surface area contributed by atoms with Crippen LogP contribution in [0.25, 0.3) is 0 Å². The summed E-state index contributed by atoms with van der Waals surface area (Å²) >= 11 is 5.74. The minimum atomic E-state index is -0.540. The lowest BCUT2D eigenvalue weighted by Crippen LogP contribution is -2.12. The quantitative estimate of drug-likeness (QED) is 0.478. The van der Waals surface area contributed by atoms with Gasteiger partial charge in [-0.1, -0.05) is 17.7 Å². The first-order valence-electron chi connectivity index (χ1n) is 6.14. The van der Waals surface area contributed by atoms with Gasteiger partial charge in [-0.2, -0.15) is 0 Å². The molecule has 5 nitrogen and oxygen atoms in total. The number of hydrogen-bond acceptors (Lipinski definition) is 4. The number of carbonyl (C=O) groups excluding carboxylic acids is 1. The average molecular weight is 306 g/mol. The van der Waals surface area contributed by atoms with E-state index in [2.05, 4.69) is 0 Å². The van der Waals surface area contributed by atoms with E-state index in [0.29, 0.717) is 10.6 Å². The number of aryl methyl sites for hydroxylation is 1. The Kier molecular flexibility index (Phi) is 4.55. The highest BCUT2D eigenvalue weighted by atomic mass is 35.5. The Hall–Kier alpha value is -2.40. The smallest absolute Gasteiger partial charge is 0.310 e. The average Bonchev–Trinajstić information content (AvgIpc) is 2.45. The Morgan fingerprint density at radius 1 is 1.24 bits per heavy atom. The molecule has 6 heteroatoms. The van der Waals surface area contributed by atoms with E-state index in [1.54, 1.807) is 37.3 Å². The second kappa shape index (κ2) is 6.37. The fraction of sp³-hybridized carbons (Fsp3) is 0.133. The van der Waals surface area contributed by atoms with Gasteiger partial charge >= 0.3 is 5.69 Å². The van der Waals surface area contributed by atoms with E-state index >= 15 is 0 Å². The van der Waals surface area contributed by atoms with Gasteiger partial charge in [-0.15, -0.1) is 0 Å². The number of rotatable bonds is 5. The van der Waals surface area contributed by atoms with Crippen LogP contribution in [-0.4, -0.2) is 17.3 Å². The van der Waals surface area contributed by atoms with Crippen molar-refractivity contribution in [2.45, 2.75) is 6.92 Å². The molecule has 0 saturated heterocycles. The SMILES string of the molecule is Cc1ccc([N+](=O)[O-])c(OCC(=O)c2ccc(Cl)cc2)c1. The van der Waals surface area contributed by atoms with E-state index in [1.165, 1.54) is 12.1 Å². The monoisotopic (exact) mass is 305 g/mol. The molecule has 0 N–H and O–H groups in total. The van der Waals surface area contributed by atoms with Crippen LogP contribution in [0.2, 0.25) is 5.02 Å². The lowest BCUT2D eigenvalue weighted by atomic mass is 10.1. The summed E-state index contributed by atoms with van der Waals surface area (Å²) < 4.78 is 5.30. The molecule has 0 saturated carbocycles. The molecule has 108 valence electrons. The Labute approximate surface area is 126 Å². The Morgan fingerprint density at radius 3 is 2.52 bits per heavy atom. The Balaban J connectivity index is 2.12. The predicted octanol–water partition coefficient (Wildman–Crippen LogP) is 3.82. The number of nitro groups is 1. The summed E-state index contributed by atoms with van der Waals surface area (Å²) in [5, 5.41) is 11.4. The molecule has 0 unspecified atom stereocenters. The third kappa shape index (κ3) is 3.79. The second-order valence-electron chi connectivity index (χ2n) is 4.45. The molecule has 21 heavy (non-hydrogen) atoms. The molecule has 2 aromatic carbocycles. The van der Waals surface area contributed by atoms with Gasteiger partial charge in [0.1, 0.15) is 0 Å². The topological polar surface area (TPSA) is 69.4 Å². The van der Waals surface area contributed by atoms with Gasteiger partial charge in [0.25, 0.3) is 0 Å². The van der Waals surface area contributed by atoms with Crippen LogP contribution < -0.4 is 4.74 Å². The number of benzene rings is 2. The second-order valence-corrected chi connectivity index (χ2v) is 4.88. The fourth-order valence-electron chi connectivity index (χ4n) is 1.75. The zero-order valence-corrected chi connectivity index (χ0v) is 12.0. The molecule has 0 aliphatic heterocycles. The van der Waals surface area contributed by atoms with Crippen LogP contribution in [0.1, 0.15) is 15.9 Å². The molecule has 2 rings (SSSR count). The number of Topliss-reactive ketones (excluding diaryl/α,β-unsaturated/α-hetero) is 1. The van der Waals surface area contributed by atoms with Crippen LogP contribution in [-0.2, 0) is 0 Å². The summed E-state index contributed by atoms with van der Waals surface area (Å²) in [4.78, 5) is 22.3. The Bertz CT molecular complexity index is 683. The van der Waals surface area contributed by atoms with Crippen molar-refractivity contribution >= 4 is 23.1 Å². The van der Waals surface area contributed by atoms with Crippen LogP contribution in [0.4, 0.5) is 5.69 Å². The van der Waals surface area contributed by atoms with Crippen LogP contribution in [0.5, 0.6) is 5.75 Å².